The van der Waals surface area contributed by atoms with Crippen molar-refractivity contribution in [1.82, 2.24) is 25.1 Å². The van der Waals surface area contributed by atoms with Crippen molar-refractivity contribution >= 4 is 16.8 Å². The number of likely N-dealkylation sites (tertiary alicyclic amines) is 1. The maximum atomic E-state index is 13.0. The van der Waals surface area contributed by atoms with Crippen LogP contribution in [0.15, 0.2) is 59.3 Å². The molecule has 7 nitrogen and oxygen atoms in total. The Morgan fingerprint density at radius 1 is 1.06 bits per heavy atom. The van der Waals surface area contributed by atoms with Gasteiger partial charge in [0.2, 0.25) is 17.7 Å². The first-order valence-corrected chi connectivity index (χ1v) is 11.8. The number of amides is 1. The van der Waals surface area contributed by atoms with Crippen molar-refractivity contribution in [2.45, 2.75) is 57.4 Å². The van der Waals surface area contributed by atoms with E-state index in [9.17, 15) is 4.79 Å². The summed E-state index contributed by atoms with van der Waals surface area (Å²) in [5.41, 5.74) is 3.31. The minimum atomic E-state index is 0.178. The third-order valence-corrected chi connectivity index (χ3v) is 6.49. The van der Waals surface area contributed by atoms with Gasteiger partial charge in [-0.15, -0.1) is 10.2 Å². The third-order valence-electron chi connectivity index (χ3n) is 6.49. The SMILES string of the molecule is O=C(CCc1nnc(Cc2c[nH]c3ccccc23)o1)N1CCCCC1CCc1ccccn1. The number of hydrogen-bond acceptors (Lipinski definition) is 5. The summed E-state index contributed by atoms with van der Waals surface area (Å²) in [4.78, 5) is 22.8. The molecule has 3 aromatic heterocycles. The van der Waals surface area contributed by atoms with Crippen LogP contribution in [0.25, 0.3) is 10.9 Å². The highest BCUT2D eigenvalue weighted by Gasteiger charge is 2.26. The molecule has 7 heteroatoms. The van der Waals surface area contributed by atoms with E-state index in [0.29, 0.717) is 31.0 Å². The summed E-state index contributed by atoms with van der Waals surface area (Å²) in [6.07, 6.45) is 10.4. The summed E-state index contributed by atoms with van der Waals surface area (Å²) in [6.45, 7) is 0.835. The van der Waals surface area contributed by atoms with E-state index in [0.717, 1.165) is 54.4 Å². The molecule has 0 radical (unpaired) electrons. The minimum absolute atomic E-state index is 0.178. The number of aryl methyl sites for hydroxylation is 2. The molecule has 0 spiro atoms. The lowest BCUT2D eigenvalue weighted by Crippen LogP contribution is -2.44. The smallest absolute Gasteiger partial charge is 0.223 e. The summed E-state index contributed by atoms with van der Waals surface area (Å²) in [7, 11) is 0. The van der Waals surface area contributed by atoms with Crippen LogP contribution >= 0.6 is 0 Å². The third kappa shape index (κ3) is 5.13. The number of piperidine rings is 1. The molecule has 170 valence electrons. The molecule has 1 unspecified atom stereocenters. The summed E-state index contributed by atoms with van der Waals surface area (Å²) in [6, 6.07) is 14.5. The monoisotopic (exact) mass is 443 g/mol. The van der Waals surface area contributed by atoms with Gasteiger partial charge in [0.25, 0.3) is 0 Å². The van der Waals surface area contributed by atoms with Crippen molar-refractivity contribution in [1.29, 1.82) is 0 Å². The van der Waals surface area contributed by atoms with Crippen LogP contribution in [-0.2, 0) is 24.1 Å². The van der Waals surface area contributed by atoms with E-state index in [4.69, 9.17) is 4.42 Å². The molecule has 4 aromatic rings. The summed E-state index contributed by atoms with van der Waals surface area (Å²) in [5.74, 6) is 1.28. The summed E-state index contributed by atoms with van der Waals surface area (Å²) < 4.78 is 5.86. The van der Waals surface area contributed by atoms with Crippen molar-refractivity contribution in [2.24, 2.45) is 0 Å². The Balaban J connectivity index is 1.16. The number of benzene rings is 1. The van der Waals surface area contributed by atoms with Crippen LogP contribution in [-0.4, -0.2) is 43.6 Å². The molecule has 5 rings (SSSR count). The molecule has 1 N–H and O–H groups in total. The average Bonchev–Trinajstić information content (AvgIpc) is 3.49. The maximum Gasteiger partial charge on any atom is 0.223 e. The van der Waals surface area contributed by atoms with E-state index in [-0.39, 0.29) is 11.9 Å². The first-order valence-electron chi connectivity index (χ1n) is 11.8. The van der Waals surface area contributed by atoms with E-state index in [2.05, 4.69) is 37.2 Å². The number of hydrogen-bond donors (Lipinski definition) is 1. The minimum Gasteiger partial charge on any atom is -0.425 e. The highest BCUT2D eigenvalue weighted by atomic mass is 16.4. The van der Waals surface area contributed by atoms with Gasteiger partial charge in [-0.25, -0.2) is 0 Å². The molecule has 1 amide bonds. The van der Waals surface area contributed by atoms with Crippen LogP contribution in [0.4, 0.5) is 0 Å². The van der Waals surface area contributed by atoms with Crippen LogP contribution in [0.5, 0.6) is 0 Å². The number of aromatic nitrogens is 4. The zero-order chi connectivity index (χ0) is 22.5. The molecule has 0 saturated carbocycles. The summed E-state index contributed by atoms with van der Waals surface area (Å²) in [5, 5.41) is 9.55. The number of fused-ring (bicyclic) bond motifs is 1. The van der Waals surface area contributed by atoms with Crippen molar-refractivity contribution in [3.8, 4) is 0 Å². The summed E-state index contributed by atoms with van der Waals surface area (Å²) >= 11 is 0. The van der Waals surface area contributed by atoms with Crippen molar-refractivity contribution < 1.29 is 9.21 Å². The zero-order valence-electron chi connectivity index (χ0n) is 18.7. The first kappa shape index (κ1) is 21.4. The molecule has 0 bridgehead atoms. The van der Waals surface area contributed by atoms with Gasteiger partial charge in [-0.2, -0.15) is 0 Å². The quantitative estimate of drug-likeness (QED) is 0.434. The molecule has 0 aliphatic carbocycles. The standard InChI is InChI=1S/C26H29N5O2/c32-26(31-16-6-4-8-21(31)12-11-20-7-3-5-15-27-20)14-13-24-29-30-25(33-24)17-19-18-28-23-10-2-1-9-22(19)23/h1-3,5,7,9-10,15,18,21,28H,4,6,8,11-14,16-17H2. The largest absolute Gasteiger partial charge is 0.425 e. The van der Waals surface area contributed by atoms with Crippen LogP contribution in [0.1, 0.15) is 55.1 Å². The Hall–Kier alpha value is -3.48. The van der Waals surface area contributed by atoms with E-state index in [1.807, 2.05) is 42.7 Å². The zero-order valence-corrected chi connectivity index (χ0v) is 18.7. The molecule has 4 heterocycles. The molecular weight excluding hydrogens is 414 g/mol. The number of carbonyl (C=O) groups excluding carboxylic acids is 1. The average molecular weight is 444 g/mol. The lowest BCUT2D eigenvalue weighted by molar-refractivity contribution is -0.135. The van der Waals surface area contributed by atoms with Crippen LogP contribution in [0, 0.1) is 0 Å². The van der Waals surface area contributed by atoms with Crippen molar-refractivity contribution in [2.75, 3.05) is 6.54 Å². The normalized spacial score (nSPS) is 16.4. The van der Waals surface area contributed by atoms with Gasteiger partial charge in [0.05, 0.1) is 6.42 Å². The fourth-order valence-corrected chi connectivity index (χ4v) is 4.75. The second-order valence-electron chi connectivity index (χ2n) is 8.72. The molecular formula is C26H29N5O2. The Labute approximate surface area is 193 Å². The number of para-hydroxylation sites is 1. The molecule has 1 aliphatic rings. The molecule has 1 aromatic carbocycles. The molecule has 1 atom stereocenters. The number of nitrogens with zero attached hydrogens (tertiary/aromatic N) is 4. The second kappa shape index (κ2) is 9.98. The Bertz CT molecular complexity index is 1200. The highest BCUT2D eigenvalue weighted by molar-refractivity contribution is 5.83. The van der Waals surface area contributed by atoms with Gasteiger partial charge < -0.3 is 14.3 Å². The van der Waals surface area contributed by atoms with Crippen LogP contribution in [0.3, 0.4) is 0 Å². The molecule has 1 aliphatic heterocycles. The highest BCUT2D eigenvalue weighted by Crippen LogP contribution is 2.23. The topological polar surface area (TPSA) is 87.9 Å². The van der Waals surface area contributed by atoms with Crippen molar-refractivity contribution in [3.63, 3.8) is 0 Å². The first-order chi connectivity index (χ1) is 16.3. The van der Waals surface area contributed by atoms with Gasteiger partial charge in [0.15, 0.2) is 0 Å². The van der Waals surface area contributed by atoms with Crippen LogP contribution < -0.4 is 0 Å². The Kier molecular flexibility index (Phi) is 6.46. The van der Waals surface area contributed by atoms with Gasteiger partial charge in [-0.1, -0.05) is 24.3 Å². The Morgan fingerprint density at radius 3 is 2.85 bits per heavy atom. The maximum absolute atomic E-state index is 13.0. The molecule has 33 heavy (non-hydrogen) atoms. The number of H-pyrrole nitrogens is 1. The number of nitrogens with one attached hydrogen (secondary N) is 1. The number of aromatic amines is 1. The van der Waals surface area contributed by atoms with Gasteiger partial charge >= 0.3 is 0 Å². The molecule has 1 saturated heterocycles. The predicted octanol–water partition coefficient (Wildman–Crippen LogP) is 4.48. The fraction of sp³-hybridized carbons (Fsp3) is 0.385. The molecule has 1 fully saturated rings. The number of pyridine rings is 1. The van der Waals surface area contributed by atoms with Gasteiger partial charge in [-0.3, -0.25) is 9.78 Å². The number of carbonyl (C=O) groups is 1. The lowest BCUT2D eigenvalue weighted by atomic mass is 9.96. The van der Waals surface area contributed by atoms with E-state index in [1.54, 1.807) is 0 Å². The van der Waals surface area contributed by atoms with Gasteiger partial charge in [0.1, 0.15) is 0 Å². The van der Waals surface area contributed by atoms with E-state index in [1.165, 1.54) is 6.42 Å². The van der Waals surface area contributed by atoms with Crippen LogP contribution in [0.2, 0.25) is 0 Å². The Morgan fingerprint density at radius 2 is 1.94 bits per heavy atom. The second-order valence-corrected chi connectivity index (χ2v) is 8.72. The van der Waals surface area contributed by atoms with Crippen molar-refractivity contribution in [3.05, 3.63) is 77.9 Å². The fourth-order valence-electron chi connectivity index (χ4n) is 4.75. The number of rotatable bonds is 8. The lowest BCUT2D eigenvalue weighted by Gasteiger charge is -2.36. The van der Waals surface area contributed by atoms with Gasteiger partial charge in [0, 0.05) is 54.4 Å². The van der Waals surface area contributed by atoms with E-state index >= 15 is 0 Å². The van der Waals surface area contributed by atoms with E-state index < -0.39 is 0 Å². The predicted molar refractivity (Wildman–Crippen MR) is 126 cm³/mol. The van der Waals surface area contributed by atoms with Gasteiger partial charge in [-0.05, 0) is 55.9 Å².